The molecular weight excluding hydrogens is 428 g/mol. The highest BCUT2D eigenvalue weighted by Crippen LogP contribution is 2.47. The van der Waals surface area contributed by atoms with Crippen LogP contribution >= 0.6 is 0 Å². The van der Waals surface area contributed by atoms with Gasteiger partial charge < -0.3 is 4.74 Å². The van der Waals surface area contributed by atoms with Crippen LogP contribution in [0.3, 0.4) is 0 Å². The average Bonchev–Trinajstić information content (AvgIpc) is 2.74. The lowest BCUT2D eigenvalue weighted by molar-refractivity contribution is -0.394. The molecule has 0 radical (unpaired) electrons. The maximum absolute atomic E-state index is 13.0. The van der Waals surface area contributed by atoms with Crippen LogP contribution in [-0.4, -0.2) is 27.7 Å². The Morgan fingerprint density at radius 2 is 1.70 bits per heavy atom. The Bertz CT molecular complexity index is 1220. The number of fused-ring (bicyclic) bond motifs is 2. The number of allylic oxidation sites excluding steroid dienone is 3. The van der Waals surface area contributed by atoms with Crippen LogP contribution in [0, 0.1) is 55.2 Å². The number of carbonyl (C=O) groups excluding carboxylic acids is 2. The molecule has 2 aliphatic rings. The molecular formula is C24H20N2O7. The molecule has 168 valence electrons. The summed E-state index contributed by atoms with van der Waals surface area (Å²) in [4.78, 5) is 46.4. The first-order chi connectivity index (χ1) is 15.5. The highest BCUT2D eigenvalue weighted by atomic mass is 16.6. The molecule has 2 atom stereocenters. The van der Waals surface area contributed by atoms with E-state index in [1.165, 1.54) is 12.2 Å². The molecule has 0 saturated carbocycles. The van der Waals surface area contributed by atoms with Crippen LogP contribution in [0.5, 0.6) is 0 Å². The van der Waals surface area contributed by atoms with E-state index in [1.54, 1.807) is 0 Å². The Balaban J connectivity index is 2.08. The van der Waals surface area contributed by atoms with E-state index in [1.807, 2.05) is 20.8 Å². The summed E-state index contributed by atoms with van der Waals surface area (Å²) in [5, 5.41) is 22.4. The topological polar surface area (TPSA) is 130 Å². The van der Waals surface area contributed by atoms with Crippen LogP contribution in [0.15, 0.2) is 41.5 Å². The summed E-state index contributed by atoms with van der Waals surface area (Å²) in [5.74, 6) is 9.24. The second kappa shape index (κ2) is 9.09. The molecule has 1 aromatic carbocycles. The fourth-order valence-electron chi connectivity index (χ4n) is 4.28. The van der Waals surface area contributed by atoms with Crippen molar-refractivity contribution in [2.45, 2.75) is 39.7 Å². The number of benzene rings is 1. The number of esters is 1. The monoisotopic (exact) mass is 448 g/mol. The third kappa shape index (κ3) is 4.83. The normalized spacial score (nSPS) is 22.0. The van der Waals surface area contributed by atoms with E-state index in [-0.39, 0.29) is 11.3 Å². The Morgan fingerprint density at radius 3 is 2.30 bits per heavy atom. The first-order valence-electron chi connectivity index (χ1n) is 10.1. The third-order valence-corrected chi connectivity index (χ3v) is 5.86. The van der Waals surface area contributed by atoms with Crippen molar-refractivity contribution in [3.8, 4) is 23.7 Å². The molecule has 0 saturated heterocycles. The Labute approximate surface area is 189 Å². The van der Waals surface area contributed by atoms with Gasteiger partial charge in [-0.05, 0) is 49.3 Å². The van der Waals surface area contributed by atoms with Crippen molar-refractivity contribution >= 4 is 23.1 Å². The molecule has 9 heteroatoms. The Morgan fingerprint density at radius 1 is 1.09 bits per heavy atom. The van der Waals surface area contributed by atoms with Crippen LogP contribution < -0.4 is 0 Å². The highest BCUT2D eigenvalue weighted by molar-refractivity contribution is 5.98. The number of ketones is 1. The highest BCUT2D eigenvalue weighted by Gasteiger charge is 2.44. The summed E-state index contributed by atoms with van der Waals surface area (Å²) < 4.78 is 5.64. The molecule has 0 N–H and O–H groups in total. The zero-order valence-electron chi connectivity index (χ0n) is 18.2. The molecule has 0 amide bonds. The van der Waals surface area contributed by atoms with Crippen molar-refractivity contribution < 1.29 is 24.2 Å². The van der Waals surface area contributed by atoms with Gasteiger partial charge in [0.05, 0.1) is 21.5 Å². The number of carbonyl (C=O) groups is 2. The minimum atomic E-state index is -1.07. The Kier molecular flexibility index (Phi) is 6.45. The molecule has 2 bridgehead atoms. The summed E-state index contributed by atoms with van der Waals surface area (Å²) >= 11 is 0. The van der Waals surface area contributed by atoms with Crippen LogP contribution in [0.2, 0.25) is 0 Å². The summed E-state index contributed by atoms with van der Waals surface area (Å²) in [6.45, 7) is 5.60. The van der Waals surface area contributed by atoms with Gasteiger partial charge in [0, 0.05) is 23.5 Å². The second-order valence-electron chi connectivity index (χ2n) is 8.30. The van der Waals surface area contributed by atoms with Crippen molar-refractivity contribution in [2.75, 3.05) is 0 Å². The first kappa shape index (κ1) is 23.4. The van der Waals surface area contributed by atoms with E-state index < -0.39 is 44.6 Å². The number of non-ortho nitro benzene ring substituents is 2. The molecule has 0 aliphatic heterocycles. The maximum Gasteiger partial charge on any atom is 0.340 e. The lowest BCUT2D eigenvalue weighted by Crippen LogP contribution is -2.40. The number of rotatable bonds is 4. The molecule has 2 aliphatic carbocycles. The van der Waals surface area contributed by atoms with E-state index in [4.69, 9.17) is 4.74 Å². The lowest BCUT2D eigenvalue weighted by Gasteiger charge is -2.41. The van der Waals surface area contributed by atoms with Gasteiger partial charge in [-0.3, -0.25) is 25.0 Å². The van der Waals surface area contributed by atoms with Gasteiger partial charge in [0.25, 0.3) is 11.4 Å². The molecule has 0 unspecified atom stereocenters. The van der Waals surface area contributed by atoms with Crippen molar-refractivity contribution in [3.05, 3.63) is 67.3 Å². The van der Waals surface area contributed by atoms with Gasteiger partial charge >= 0.3 is 5.97 Å². The molecule has 1 aromatic rings. The molecule has 0 heterocycles. The third-order valence-electron chi connectivity index (χ3n) is 5.86. The SMILES string of the molecule is CC1=C2[C@@H](OC(=O)c3cc([N+](=O)[O-])cc([N+](=O)[O-])c3)C#C/C=C\C#CC(=O)[C@H](CC1)C2(C)C. The summed E-state index contributed by atoms with van der Waals surface area (Å²) in [7, 11) is 0. The van der Waals surface area contributed by atoms with E-state index >= 15 is 0 Å². The van der Waals surface area contributed by atoms with E-state index in [2.05, 4.69) is 23.7 Å². The fraction of sp³-hybridized carbons (Fsp3) is 0.333. The van der Waals surface area contributed by atoms with Crippen molar-refractivity contribution in [3.63, 3.8) is 0 Å². The minimum absolute atomic E-state index is 0.226. The molecule has 3 rings (SSSR count). The number of Topliss-reactive ketones (excluding diaryl/α,β-unsaturated/α-hetero) is 1. The summed E-state index contributed by atoms with van der Waals surface area (Å²) in [5.41, 5.74) is -0.715. The Hall–Kier alpha value is -4.24. The van der Waals surface area contributed by atoms with Gasteiger partial charge in [-0.1, -0.05) is 31.3 Å². The average molecular weight is 448 g/mol. The smallest absolute Gasteiger partial charge is 0.340 e. The van der Waals surface area contributed by atoms with Crippen LogP contribution in [-0.2, 0) is 9.53 Å². The van der Waals surface area contributed by atoms with Crippen LogP contribution in [0.4, 0.5) is 11.4 Å². The largest absolute Gasteiger partial charge is 0.441 e. The van der Waals surface area contributed by atoms with Crippen LogP contribution in [0.1, 0.15) is 44.0 Å². The summed E-state index contributed by atoms with van der Waals surface area (Å²) in [6, 6.07) is 2.60. The maximum atomic E-state index is 13.0. The predicted octanol–water partition coefficient (Wildman–Crippen LogP) is 3.93. The van der Waals surface area contributed by atoms with Gasteiger partial charge in [-0.2, -0.15) is 0 Å². The lowest BCUT2D eigenvalue weighted by atomic mass is 9.62. The number of nitrogens with zero attached hydrogens (tertiary/aromatic N) is 2. The first-order valence-corrected chi connectivity index (χ1v) is 10.1. The van der Waals surface area contributed by atoms with E-state index in [0.717, 1.165) is 23.8 Å². The van der Waals surface area contributed by atoms with Crippen molar-refractivity contribution in [1.29, 1.82) is 0 Å². The number of nitro groups is 2. The number of hydrogen-bond donors (Lipinski definition) is 0. The van der Waals surface area contributed by atoms with Gasteiger partial charge in [0.1, 0.15) is 0 Å². The van der Waals surface area contributed by atoms with Crippen molar-refractivity contribution in [1.82, 2.24) is 0 Å². The van der Waals surface area contributed by atoms with Gasteiger partial charge in [0.2, 0.25) is 5.78 Å². The van der Waals surface area contributed by atoms with E-state index in [9.17, 15) is 29.8 Å². The molecule has 0 spiro atoms. The number of nitro benzene ring substituents is 2. The van der Waals surface area contributed by atoms with Gasteiger partial charge in [0.15, 0.2) is 6.10 Å². The second-order valence-corrected chi connectivity index (χ2v) is 8.30. The van der Waals surface area contributed by atoms with Crippen molar-refractivity contribution in [2.24, 2.45) is 11.3 Å². The molecule has 9 nitrogen and oxygen atoms in total. The minimum Gasteiger partial charge on any atom is -0.441 e. The zero-order valence-corrected chi connectivity index (χ0v) is 18.2. The predicted molar refractivity (Wildman–Crippen MR) is 118 cm³/mol. The van der Waals surface area contributed by atoms with Gasteiger partial charge in [-0.25, -0.2) is 4.79 Å². The number of ether oxygens (including phenoxy) is 1. The molecule has 0 aromatic heterocycles. The molecule has 33 heavy (non-hydrogen) atoms. The standard InChI is InChI=1S/C24H20N2O7/c1-15-10-11-19-20(27)8-6-4-5-7-9-21(22(15)24(19,2)3)33-23(28)16-12-17(25(29)30)14-18(13-16)26(31)32/h4-5,12-14,19,21H,10-11H2,1-3H3/b5-4-/t19-,21-/m0/s1. The fourth-order valence-corrected chi connectivity index (χ4v) is 4.28. The van der Waals surface area contributed by atoms with Crippen LogP contribution in [0.25, 0.3) is 0 Å². The summed E-state index contributed by atoms with van der Waals surface area (Å²) in [6.07, 6.45) is 2.96. The quantitative estimate of drug-likeness (QED) is 0.170. The molecule has 0 fully saturated rings. The zero-order chi connectivity index (χ0) is 24.3. The van der Waals surface area contributed by atoms with E-state index in [0.29, 0.717) is 18.4 Å². The number of hydrogen-bond acceptors (Lipinski definition) is 7. The van der Waals surface area contributed by atoms with Gasteiger partial charge in [-0.15, -0.1) is 0 Å².